The van der Waals surface area contributed by atoms with E-state index in [1.807, 2.05) is 50.8 Å². The number of unbranched alkanes of at least 4 members (excludes halogenated alkanes) is 1. The Hall–Kier alpha value is -1.61. The minimum absolute atomic E-state index is 0.0189. The van der Waals surface area contributed by atoms with E-state index < -0.39 is 0 Å². The van der Waals surface area contributed by atoms with Crippen LogP contribution < -0.4 is 0 Å². The van der Waals surface area contributed by atoms with E-state index in [9.17, 15) is 4.79 Å². The zero-order valence-corrected chi connectivity index (χ0v) is 16.5. The second-order valence-electron chi connectivity index (χ2n) is 6.11. The Kier molecular flexibility index (Phi) is 8.20. The number of nitrogens with zero attached hydrogens (tertiary/aromatic N) is 2. The van der Waals surface area contributed by atoms with Crippen LogP contribution in [0.1, 0.15) is 58.6 Å². The molecule has 0 saturated carbocycles. The Morgan fingerprint density at radius 3 is 2.42 bits per heavy atom. The van der Waals surface area contributed by atoms with Crippen LogP contribution in [0.15, 0.2) is 28.9 Å². The zero-order chi connectivity index (χ0) is 18.3. The number of benzene rings is 1. The molecule has 1 rings (SSSR count). The highest BCUT2D eigenvalue weighted by Crippen LogP contribution is 2.24. The number of amides is 1. The molecule has 0 spiro atoms. The van der Waals surface area contributed by atoms with Gasteiger partial charge in [-0.15, -0.1) is 0 Å². The minimum Gasteiger partial charge on any atom is -0.338 e. The van der Waals surface area contributed by atoms with Crippen molar-refractivity contribution in [3.05, 3.63) is 40.0 Å². The smallest absolute Gasteiger partial charge is 0.267 e. The number of hydrogen-bond acceptors (Lipinski definition) is 2. The first kappa shape index (κ1) is 20.4. The average molecular weight is 349 g/mol. The molecule has 0 atom stereocenters. The summed E-state index contributed by atoms with van der Waals surface area (Å²) in [6, 6.07) is 5.93. The molecule has 3 nitrogen and oxygen atoms in total. The number of aryl methyl sites for hydroxylation is 1. The highest BCUT2D eigenvalue weighted by Gasteiger charge is 2.14. The van der Waals surface area contributed by atoms with Crippen LogP contribution in [0.5, 0.6) is 0 Å². The van der Waals surface area contributed by atoms with Gasteiger partial charge in [0.25, 0.3) is 5.91 Å². The number of carbonyl (C=O) groups excluding carboxylic acids is 1. The van der Waals surface area contributed by atoms with E-state index in [1.54, 1.807) is 6.92 Å². The third kappa shape index (κ3) is 5.48. The quantitative estimate of drug-likeness (QED) is 0.598. The van der Waals surface area contributed by atoms with Crippen molar-refractivity contribution in [3.8, 4) is 0 Å². The Balaban J connectivity index is 3.03. The fraction of sp³-hybridized carbons (Fsp3) is 0.500. The van der Waals surface area contributed by atoms with E-state index in [-0.39, 0.29) is 5.91 Å². The van der Waals surface area contributed by atoms with Crippen LogP contribution >= 0.6 is 11.6 Å². The lowest BCUT2D eigenvalue weighted by Crippen LogP contribution is -2.36. The molecule has 0 aromatic heterocycles. The van der Waals surface area contributed by atoms with Crippen LogP contribution in [0.25, 0.3) is 5.57 Å². The van der Waals surface area contributed by atoms with Crippen molar-refractivity contribution in [2.24, 2.45) is 4.99 Å². The largest absolute Gasteiger partial charge is 0.338 e. The molecule has 24 heavy (non-hydrogen) atoms. The SMILES string of the molecule is CCCCN(CC)C(=O)C(C)=N/C(C)=C(\C)c1ccc(Cl)c(C)c1. The van der Waals surface area contributed by atoms with Crippen molar-refractivity contribution in [2.75, 3.05) is 13.1 Å². The molecular formula is C20H29ClN2O. The maximum Gasteiger partial charge on any atom is 0.267 e. The Labute approximate surface area is 151 Å². The lowest BCUT2D eigenvalue weighted by molar-refractivity contribution is -0.124. The van der Waals surface area contributed by atoms with Gasteiger partial charge in [0.05, 0.1) is 0 Å². The van der Waals surface area contributed by atoms with Crippen LogP contribution in [0.4, 0.5) is 0 Å². The molecule has 0 heterocycles. The first-order chi connectivity index (χ1) is 11.3. The van der Waals surface area contributed by atoms with Gasteiger partial charge in [-0.25, -0.2) is 0 Å². The Bertz CT molecular complexity index is 647. The van der Waals surface area contributed by atoms with Crippen LogP contribution in [-0.2, 0) is 4.79 Å². The van der Waals surface area contributed by atoms with Crippen LogP contribution in [-0.4, -0.2) is 29.6 Å². The summed E-state index contributed by atoms with van der Waals surface area (Å²) in [6.07, 6.45) is 2.10. The Morgan fingerprint density at radius 2 is 1.88 bits per heavy atom. The molecule has 0 bridgehead atoms. The number of hydrogen-bond donors (Lipinski definition) is 0. The number of allylic oxidation sites excluding steroid dienone is 2. The van der Waals surface area contributed by atoms with Crippen molar-refractivity contribution in [2.45, 2.75) is 54.4 Å². The van der Waals surface area contributed by atoms with Gasteiger partial charge in [-0.3, -0.25) is 9.79 Å². The molecule has 0 radical (unpaired) electrons. The molecule has 132 valence electrons. The maximum atomic E-state index is 12.5. The van der Waals surface area contributed by atoms with Gasteiger partial charge in [-0.05, 0) is 63.8 Å². The molecular weight excluding hydrogens is 320 g/mol. The van der Waals surface area contributed by atoms with E-state index in [0.717, 1.165) is 46.8 Å². The molecule has 0 fully saturated rings. The first-order valence-corrected chi connectivity index (χ1v) is 8.98. The van der Waals surface area contributed by atoms with Gasteiger partial charge in [0.15, 0.2) is 0 Å². The molecule has 0 aliphatic rings. The van der Waals surface area contributed by atoms with Crippen LogP contribution in [0.2, 0.25) is 5.02 Å². The van der Waals surface area contributed by atoms with Gasteiger partial charge in [-0.2, -0.15) is 0 Å². The maximum absolute atomic E-state index is 12.5. The third-order valence-corrected chi connectivity index (χ3v) is 4.65. The highest BCUT2D eigenvalue weighted by molar-refractivity contribution is 6.38. The second kappa shape index (κ2) is 9.63. The van der Waals surface area contributed by atoms with E-state index >= 15 is 0 Å². The van der Waals surface area contributed by atoms with E-state index in [2.05, 4.69) is 11.9 Å². The van der Waals surface area contributed by atoms with E-state index in [1.165, 1.54) is 0 Å². The topological polar surface area (TPSA) is 32.7 Å². The van der Waals surface area contributed by atoms with Crippen molar-refractivity contribution in [1.82, 2.24) is 4.90 Å². The third-order valence-electron chi connectivity index (χ3n) is 4.23. The van der Waals surface area contributed by atoms with Crippen molar-refractivity contribution < 1.29 is 4.79 Å². The minimum atomic E-state index is 0.0189. The summed E-state index contributed by atoms with van der Waals surface area (Å²) in [5.41, 5.74) is 4.56. The predicted molar refractivity (Wildman–Crippen MR) is 105 cm³/mol. The number of aliphatic imine (C=N–C) groups is 1. The number of halogens is 1. The first-order valence-electron chi connectivity index (χ1n) is 8.60. The zero-order valence-electron chi connectivity index (χ0n) is 15.7. The molecule has 1 amide bonds. The highest BCUT2D eigenvalue weighted by atomic mass is 35.5. The summed E-state index contributed by atoms with van der Waals surface area (Å²) < 4.78 is 0. The Morgan fingerprint density at radius 1 is 1.21 bits per heavy atom. The summed E-state index contributed by atoms with van der Waals surface area (Å²) in [5, 5.41) is 0.758. The summed E-state index contributed by atoms with van der Waals surface area (Å²) in [7, 11) is 0. The lowest BCUT2D eigenvalue weighted by atomic mass is 10.0. The van der Waals surface area contributed by atoms with Gasteiger partial charge in [-0.1, -0.05) is 37.1 Å². The lowest BCUT2D eigenvalue weighted by Gasteiger charge is -2.20. The van der Waals surface area contributed by atoms with Crippen molar-refractivity contribution in [1.29, 1.82) is 0 Å². The second-order valence-corrected chi connectivity index (χ2v) is 6.52. The fourth-order valence-corrected chi connectivity index (χ4v) is 2.57. The summed E-state index contributed by atoms with van der Waals surface area (Å²) in [6.45, 7) is 13.4. The monoisotopic (exact) mass is 348 g/mol. The molecule has 0 saturated heterocycles. The molecule has 0 N–H and O–H groups in total. The van der Waals surface area contributed by atoms with Gasteiger partial charge in [0, 0.05) is 23.8 Å². The van der Waals surface area contributed by atoms with Crippen molar-refractivity contribution >= 4 is 28.8 Å². The molecule has 0 aliphatic heterocycles. The van der Waals surface area contributed by atoms with Gasteiger partial charge in [0.1, 0.15) is 5.71 Å². The van der Waals surface area contributed by atoms with Gasteiger partial charge in [0.2, 0.25) is 0 Å². The van der Waals surface area contributed by atoms with E-state index in [4.69, 9.17) is 11.6 Å². The molecule has 0 aliphatic carbocycles. The van der Waals surface area contributed by atoms with Gasteiger partial charge >= 0.3 is 0 Å². The van der Waals surface area contributed by atoms with Gasteiger partial charge < -0.3 is 4.90 Å². The number of rotatable bonds is 7. The molecule has 1 aromatic rings. The van der Waals surface area contributed by atoms with Crippen LogP contribution in [0, 0.1) is 6.92 Å². The fourth-order valence-electron chi connectivity index (χ4n) is 2.45. The van der Waals surface area contributed by atoms with Crippen molar-refractivity contribution in [3.63, 3.8) is 0 Å². The average Bonchev–Trinajstić information content (AvgIpc) is 2.56. The summed E-state index contributed by atoms with van der Waals surface area (Å²) in [5.74, 6) is 0.0189. The van der Waals surface area contributed by atoms with E-state index in [0.29, 0.717) is 12.3 Å². The predicted octanol–water partition coefficient (Wildman–Crippen LogP) is 5.51. The standard InChI is InChI=1S/C20H29ClN2O/c1-7-9-12-23(8-2)20(24)17(6)22-16(5)15(4)18-10-11-19(21)14(3)13-18/h10-11,13H,7-9,12H2,1-6H3/b16-15+,22-17?. The summed E-state index contributed by atoms with van der Waals surface area (Å²) in [4.78, 5) is 18.9. The normalized spacial score (nSPS) is 12.9. The summed E-state index contributed by atoms with van der Waals surface area (Å²) >= 11 is 6.09. The van der Waals surface area contributed by atoms with Crippen LogP contribution in [0.3, 0.4) is 0 Å². The number of carbonyl (C=O) groups is 1. The molecule has 0 unspecified atom stereocenters. The molecule has 4 heteroatoms. The molecule has 1 aromatic carbocycles.